The lowest BCUT2D eigenvalue weighted by atomic mass is 9.36. The molecule has 1 amide bonds. The van der Waals surface area contributed by atoms with Crippen molar-refractivity contribution in [2.75, 3.05) is 11.9 Å². The van der Waals surface area contributed by atoms with E-state index in [1.807, 2.05) is 36.4 Å². The van der Waals surface area contributed by atoms with Gasteiger partial charge in [-0.25, -0.2) is 0 Å². The van der Waals surface area contributed by atoms with Gasteiger partial charge in [0.1, 0.15) is 17.8 Å². The molecular formula is C26H27NO4. The van der Waals surface area contributed by atoms with Crippen LogP contribution in [0.3, 0.4) is 0 Å². The van der Waals surface area contributed by atoms with Crippen molar-refractivity contribution in [2.24, 2.45) is 22.7 Å². The summed E-state index contributed by atoms with van der Waals surface area (Å²) < 4.78 is 19.1. The topological polar surface area (TPSA) is 56.8 Å². The first-order valence-corrected chi connectivity index (χ1v) is 11.4. The number of carbonyl (C=O) groups is 1. The molecule has 5 unspecified atom stereocenters. The van der Waals surface area contributed by atoms with Gasteiger partial charge >= 0.3 is 0 Å². The molecule has 0 aromatic heterocycles. The maximum absolute atomic E-state index is 13.2. The van der Waals surface area contributed by atoms with Gasteiger partial charge in [0.25, 0.3) is 0 Å². The van der Waals surface area contributed by atoms with E-state index in [0.29, 0.717) is 12.5 Å². The highest BCUT2D eigenvalue weighted by Crippen LogP contribution is 2.72. The summed E-state index contributed by atoms with van der Waals surface area (Å²) in [5, 5.41) is 3.04. The Hall–Kier alpha value is -2.69. The minimum Gasteiger partial charge on any atom is -0.491 e. The quantitative estimate of drug-likeness (QED) is 0.719. The van der Waals surface area contributed by atoms with Crippen molar-refractivity contribution in [3.05, 3.63) is 47.5 Å². The molecule has 5 nitrogen and oxygen atoms in total. The number of para-hydroxylation sites is 1. The Labute approximate surface area is 182 Å². The maximum atomic E-state index is 13.2. The normalized spacial score (nSPS) is 37.6. The van der Waals surface area contributed by atoms with Crippen molar-refractivity contribution in [1.29, 1.82) is 0 Å². The van der Waals surface area contributed by atoms with Crippen LogP contribution < -0.4 is 19.5 Å². The molecule has 2 bridgehead atoms. The molecule has 5 heteroatoms. The first-order chi connectivity index (χ1) is 14.9. The average Bonchev–Trinajstić information content (AvgIpc) is 3.41. The van der Waals surface area contributed by atoms with E-state index >= 15 is 0 Å². The number of rotatable bonds is 1. The van der Waals surface area contributed by atoms with Crippen molar-refractivity contribution >= 4 is 11.6 Å². The van der Waals surface area contributed by atoms with Gasteiger partial charge in [-0.15, -0.1) is 0 Å². The molecule has 8 rings (SSSR count). The summed E-state index contributed by atoms with van der Waals surface area (Å²) in [5.74, 6) is 3.44. The molecule has 3 saturated carbocycles. The summed E-state index contributed by atoms with van der Waals surface area (Å²) in [6.45, 7) is 7.41. The molecule has 31 heavy (non-hydrogen) atoms. The van der Waals surface area contributed by atoms with Gasteiger partial charge in [-0.3, -0.25) is 4.79 Å². The molecule has 0 radical (unpaired) electrons. The molecule has 3 aliphatic heterocycles. The Balaban J connectivity index is 1.30. The lowest BCUT2D eigenvalue weighted by Gasteiger charge is -2.68. The van der Waals surface area contributed by atoms with Gasteiger partial charge in [-0.1, -0.05) is 39.0 Å². The van der Waals surface area contributed by atoms with Crippen molar-refractivity contribution in [1.82, 2.24) is 0 Å². The number of hydrogen-bond acceptors (Lipinski definition) is 4. The number of nitrogens with one attached hydrogen (secondary N) is 1. The van der Waals surface area contributed by atoms with Gasteiger partial charge in [0.05, 0.1) is 5.41 Å². The predicted molar refractivity (Wildman–Crippen MR) is 116 cm³/mol. The second-order valence-corrected chi connectivity index (χ2v) is 10.7. The SMILES string of the molecule is CC1CCC2CC1(C1Oc3cc4c(cc3O1)C1(CO4)C(=O)Nc3ccccc31)C2(C)C. The van der Waals surface area contributed by atoms with Gasteiger partial charge in [0.15, 0.2) is 11.5 Å². The zero-order valence-corrected chi connectivity index (χ0v) is 18.2. The number of ether oxygens (including phenoxy) is 3. The number of fused-ring (bicyclic) bond motifs is 7. The first-order valence-electron chi connectivity index (χ1n) is 11.4. The van der Waals surface area contributed by atoms with E-state index in [0.717, 1.165) is 46.4 Å². The lowest BCUT2D eigenvalue weighted by Crippen LogP contribution is -2.68. The molecular weight excluding hydrogens is 390 g/mol. The maximum Gasteiger partial charge on any atom is 0.247 e. The van der Waals surface area contributed by atoms with E-state index in [9.17, 15) is 4.79 Å². The van der Waals surface area contributed by atoms with Crippen LogP contribution >= 0.6 is 0 Å². The molecule has 2 aromatic carbocycles. The average molecular weight is 418 g/mol. The van der Waals surface area contributed by atoms with E-state index in [-0.39, 0.29) is 23.0 Å². The Morgan fingerprint density at radius 1 is 1.00 bits per heavy atom. The van der Waals surface area contributed by atoms with E-state index in [2.05, 4.69) is 26.1 Å². The van der Waals surface area contributed by atoms with E-state index in [1.165, 1.54) is 12.8 Å². The highest BCUT2D eigenvalue weighted by Gasteiger charge is 2.70. The molecule has 3 heterocycles. The molecule has 2 aromatic rings. The fourth-order valence-electron chi connectivity index (χ4n) is 7.45. The second kappa shape index (κ2) is 5.37. The third-order valence-corrected chi connectivity index (χ3v) is 9.49. The fraction of sp³-hybridized carbons (Fsp3) is 0.500. The summed E-state index contributed by atoms with van der Waals surface area (Å²) in [6, 6.07) is 11.8. The van der Waals surface area contributed by atoms with Crippen LogP contribution in [0.5, 0.6) is 17.2 Å². The largest absolute Gasteiger partial charge is 0.491 e. The number of hydrogen-bond donors (Lipinski definition) is 1. The molecule has 1 spiro atoms. The number of carbonyl (C=O) groups excluding carboxylic acids is 1. The van der Waals surface area contributed by atoms with Crippen LogP contribution in [0.25, 0.3) is 0 Å². The van der Waals surface area contributed by atoms with Gasteiger partial charge < -0.3 is 19.5 Å². The summed E-state index contributed by atoms with van der Waals surface area (Å²) >= 11 is 0. The summed E-state index contributed by atoms with van der Waals surface area (Å²) in [6.07, 6.45) is 3.41. The predicted octanol–water partition coefficient (Wildman–Crippen LogP) is 4.88. The third-order valence-electron chi connectivity index (χ3n) is 9.49. The summed E-state index contributed by atoms with van der Waals surface area (Å²) in [4.78, 5) is 13.2. The van der Waals surface area contributed by atoms with Crippen LogP contribution in [0.4, 0.5) is 5.69 Å². The Morgan fingerprint density at radius 2 is 1.77 bits per heavy atom. The van der Waals surface area contributed by atoms with Gasteiger partial charge in [-0.2, -0.15) is 0 Å². The Bertz CT molecular complexity index is 1160. The summed E-state index contributed by atoms with van der Waals surface area (Å²) in [7, 11) is 0. The fourth-order valence-corrected chi connectivity index (χ4v) is 7.45. The van der Waals surface area contributed by atoms with Gasteiger partial charge in [0.2, 0.25) is 12.2 Å². The van der Waals surface area contributed by atoms with Crippen LogP contribution in [0.15, 0.2) is 36.4 Å². The number of benzene rings is 2. The highest BCUT2D eigenvalue weighted by atomic mass is 16.7. The van der Waals surface area contributed by atoms with E-state index in [4.69, 9.17) is 14.2 Å². The monoisotopic (exact) mass is 417 g/mol. The van der Waals surface area contributed by atoms with Gasteiger partial charge in [-0.05, 0) is 54.2 Å². The van der Waals surface area contributed by atoms with Crippen molar-refractivity contribution in [3.8, 4) is 17.2 Å². The molecule has 3 aliphatic carbocycles. The zero-order chi connectivity index (χ0) is 21.2. The Kier molecular flexibility index (Phi) is 3.11. The van der Waals surface area contributed by atoms with Crippen LogP contribution in [0.1, 0.15) is 51.2 Å². The van der Waals surface area contributed by atoms with Crippen LogP contribution in [-0.2, 0) is 10.2 Å². The van der Waals surface area contributed by atoms with Crippen LogP contribution in [0.2, 0.25) is 0 Å². The highest BCUT2D eigenvalue weighted by molar-refractivity contribution is 6.10. The summed E-state index contributed by atoms with van der Waals surface area (Å²) in [5.41, 5.74) is 2.10. The van der Waals surface area contributed by atoms with Crippen molar-refractivity contribution < 1.29 is 19.0 Å². The standard InChI is InChI=1S/C26H27NO4/c1-14-8-9-15-12-26(14,24(15,2)3)23-30-20-10-17-19(11-21(20)31-23)29-13-25(17)16-6-4-5-7-18(16)27-22(25)28/h4-7,10-11,14-15,23H,8-9,12-13H2,1-3H3,(H,27,28). The van der Waals surface area contributed by atoms with Crippen molar-refractivity contribution in [3.63, 3.8) is 0 Å². The number of amides is 1. The second-order valence-electron chi connectivity index (χ2n) is 10.7. The molecule has 5 atom stereocenters. The van der Waals surface area contributed by atoms with Gasteiger partial charge in [0, 0.05) is 17.3 Å². The minimum atomic E-state index is -0.820. The van der Waals surface area contributed by atoms with E-state index in [1.54, 1.807) is 0 Å². The molecule has 3 fully saturated rings. The zero-order valence-electron chi connectivity index (χ0n) is 18.2. The Morgan fingerprint density at radius 3 is 2.55 bits per heavy atom. The third kappa shape index (κ3) is 1.85. The molecule has 0 saturated heterocycles. The first kappa shape index (κ1) is 17.9. The van der Waals surface area contributed by atoms with Crippen molar-refractivity contribution in [2.45, 2.75) is 51.7 Å². The molecule has 6 aliphatic rings. The lowest BCUT2D eigenvalue weighted by molar-refractivity contribution is -0.275. The smallest absolute Gasteiger partial charge is 0.247 e. The van der Waals surface area contributed by atoms with Crippen LogP contribution in [-0.4, -0.2) is 18.8 Å². The molecule has 1 N–H and O–H groups in total. The van der Waals surface area contributed by atoms with E-state index < -0.39 is 5.41 Å². The van der Waals surface area contributed by atoms with Crippen LogP contribution in [0, 0.1) is 22.7 Å². The number of anilines is 1. The minimum absolute atomic E-state index is 0.0231. The molecule has 160 valence electrons.